The lowest BCUT2D eigenvalue weighted by molar-refractivity contribution is 0.0451. The van der Waals surface area contributed by atoms with Gasteiger partial charge in [0.1, 0.15) is 23.7 Å². The third-order valence-corrected chi connectivity index (χ3v) is 18.0. The lowest BCUT2D eigenvalue weighted by atomic mass is 10.1. The van der Waals surface area contributed by atoms with E-state index >= 15 is 0 Å². The summed E-state index contributed by atoms with van der Waals surface area (Å²) in [6.45, 7) is 10.7. The smallest absolute Gasteiger partial charge is 0.314 e. The van der Waals surface area contributed by atoms with Crippen molar-refractivity contribution < 1.29 is 54.8 Å². The zero-order chi connectivity index (χ0) is 57.9. The van der Waals surface area contributed by atoms with Crippen LogP contribution in [0.3, 0.4) is 0 Å². The highest BCUT2D eigenvalue weighted by molar-refractivity contribution is 7.89. The number of benzene rings is 4. The van der Waals surface area contributed by atoms with Gasteiger partial charge in [-0.15, -0.1) is 0 Å². The van der Waals surface area contributed by atoms with Gasteiger partial charge in [0, 0.05) is 91.1 Å². The average Bonchev–Trinajstić information content (AvgIpc) is 4.25. The van der Waals surface area contributed by atoms with E-state index in [2.05, 4.69) is 47.6 Å². The molecule has 4 aromatic rings. The molecule has 26 heteroatoms. The predicted molar refractivity (Wildman–Crippen MR) is 313 cm³/mol. The number of hydrogen-bond donors (Lipinski definition) is 6. The quantitative estimate of drug-likeness (QED) is 0.0271. The Balaban J connectivity index is 0.637. The van der Waals surface area contributed by atoms with Gasteiger partial charge < -0.3 is 54.6 Å². The summed E-state index contributed by atoms with van der Waals surface area (Å²) >= 11 is 25.7. The summed E-state index contributed by atoms with van der Waals surface area (Å²) < 4.78 is 92.3. The first-order valence-corrected chi connectivity index (χ1v) is 31.6. The standard InChI is InChI=1S/C55H74Cl4N8O12S2/c1-37-30-41(6-9-50(37)78-52-11-8-43-45(52)32-39(56)34-47(43)58)80(70,71)64-16-24-76-28-26-74-22-14-62-54(68)60-12-4-5-13-61-55(69)63-15-23-75-27-29-77-25-17-65-81(72,73)42-7-10-51(38(2)31-42)79-53-46-33-40(57)35-48(59)44(46)36-49(53)67-20-18-66(3)19-21-67/h6-7,9-10,30-35,49,52-53,64-65H,4-5,8,11-29,36H2,1-3H3,(H2,60,62,68)(H2,61,63,69)/t49-,52+,53-/m0/s1. The van der Waals surface area contributed by atoms with E-state index in [1.807, 2.05) is 19.1 Å². The second-order valence-electron chi connectivity index (χ2n) is 19.9. The third-order valence-electron chi connectivity index (χ3n) is 14.0. The van der Waals surface area contributed by atoms with Gasteiger partial charge in [-0.05, 0) is 141 Å². The van der Waals surface area contributed by atoms with Gasteiger partial charge in [-0.2, -0.15) is 0 Å². The van der Waals surface area contributed by atoms with E-state index in [0.29, 0.717) is 68.6 Å². The Morgan fingerprint density at radius 1 is 0.556 bits per heavy atom. The molecule has 0 unspecified atom stereocenters. The Morgan fingerprint density at radius 3 is 1.52 bits per heavy atom. The number of rotatable bonds is 32. The van der Waals surface area contributed by atoms with E-state index in [1.54, 1.807) is 43.3 Å². The van der Waals surface area contributed by atoms with Crippen LogP contribution < -0.4 is 40.2 Å². The lowest BCUT2D eigenvalue weighted by Crippen LogP contribution is -2.51. The van der Waals surface area contributed by atoms with Crippen LogP contribution in [0.4, 0.5) is 9.59 Å². The van der Waals surface area contributed by atoms with Crippen LogP contribution in [0.5, 0.6) is 11.5 Å². The van der Waals surface area contributed by atoms with Crippen molar-refractivity contribution >= 4 is 78.5 Å². The van der Waals surface area contributed by atoms with Crippen molar-refractivity contribution in [3.8, 4) is 11.5 Å². The summed E-state index contributed by atoms with van der Waals surface area (Å²) in [5, 5.41) is 13.3. The highest BCUT2D eigenvalue weighted by Crippen LogP contribution is 2.44. The first-order valence-electron chi connectivity index (χ1n) is 27.1. The molecule has 2 aliphatic carbocycles. The van der Waals surface area contributed by atoms with Gasteiger partial charge in [0.05, 0.1) is 68.7 Å². The summed E-state index contributed by atoms with van der Waals surface area (Å²) in [5.41, 5.74) is 5.31. The van der Waals surface area contributed by atoms with Crippen LogP contribution in [-0.4, -0.2) is 170 Å². The van der Waals surface area contributed by atoms with Crippen LogP contribution in [0.2, 0.25) is 20.1 Å². The molecule has 20 nitrogen and oxygen atoms in total. The zero-order valence-corrected chi connectivity index (χ0v) is 50.5. The maximum absolute atomic E-state index is 13.2. The maximum atomic E-state index is 13.2. The number of urea groups is 2. The van der Waals surface area contributed by atoms with Crippen molar-refractivity contribution in [2.45, 2.75) is 74.0 Å². The monoisotopic (exact) mass is 1240 g/mol. The van der Waals surface area contributed by atoms with E-state index in [0.717, 1.165) is 67.7 Å². The molecular weight excluding hydrogens is 1170 g/mol. The van der Waals surface area contributed by atoms with Crippen LogP contribution >= 0.6 is 46.4 Å². The molecule has 6 N–H and O–H groups in total. The van der Waals surface area contributed by atoms with E-state index in [-0.39, 0.29) is 119 Å². The minimum Gasteiger partial charge on any atom is -0.485 e. The van der Waals surface area contributed by atoms with Crippen molar-refractivity contribution in [2.24, 2.45) is 0 Å². The largest absolute Gasteiger partial charge is 0.485 e. The van der Waals surface area contributed by atoms with Crippen molar-refractivity contribution in [1.82, 2.24) is 40.5 Å². The number of aryl methyl sites for hydroxylation is 2. The number of unbranched alkanes of at least 4 members (excludes halogenated alkanes) is 1. The molecule has 7 rings (SSSR count). The normalized spacial score (nSPS) is 17.4. The maximum Gasteiger partial charge on any atom is 0.314 e. The number of nitrogens with one attached hydrogen (secondary N) is 6. The molecule has 0 radical (unpaired) electrons. The number of likely N-dealkylation sites (N-methyl/N-ethyl adjacent to an activating group) is 1. The highest BCUT2D eigenvalue weighted by atomic mass is 35.5. The summed E-state index contributed by atoms with van der Waals surface area (Å²) in [4.78, 5) is 29.2. The summed E-state index contributed by atoms with van der Waals surface area (Å²) in [6, 6.07) is 16.2. The van der Waals surface area contributed by atoms with Gasteiger partial charge in [0.2, 0.25) is 20.0 Å². The van der Waals surface area contributed by atoms with Crippen molar-refractivity contribution in [1.29, 1.82) is 0 Å². The number of piperazine rings is 1. The molecule has 1 heterocycles. The number of carbonyl (C=O) groups is 2. The molecule has 1 fully saturated rings. The topological polar surface area (TPSA) is 236 Å². The molecular formula is C55H74Cl4N8O12S2. The first kappa shape index (κ1) is 64.3. The second kappa shape index (κ2) is 31.6. The van der Waals surface area contributed by atoms with E-state index in [4.69, 9.17) is 74.8 Å². The number of fused-ring (bicyclic) bond motifs is 2. The van der Waals surface area contributed by atoms with E-state index in [1.165, 1.54) is 12.1 Å². The minimum absolute atomic E-state index is 0.0585. The fourth-order valence-electron chi connectivity index (χ4n) is 9.65. The van der Waals surface area contributed by atoms with Crippen molar-refractivity contribution in [3.05, 3.63) is 114 Å². The van der Waals surface area contributed by atoms with Crippen molar-refractivity contribution in [2.75, 3.05) is 125 Å². The zero-order valence-electron chi connectivity index (χ0n) is 45.9. The van der Waals surface area contributed by atoms with Gasteiger partial charge >= 0.3 is 12.1 Å². The van der Waals surface area contributed by atoms with Gasteiger partial charge in [0.15, 0.2) is 0 Å². The number of halogens is 4. The molecule has 4 aromatic carbocycles. The third kappa shape index (κ3) is 19.4. The number of hydrogen-bond acceptors (Lipinski definition) is 14. The Hall–Kier alpha value is -4.24. The molecule has 0 spiro atoms. The first-order chi connectivity index (χ1) is 38.9. The lowest BCUT2D eigenvalue weighted by Gasteiger charge is -2.39. The molecule has 3 aliphatic rings. The number of amides is 4. The number of nitrogens with zero attached hydrogens (tertiary/aromatic N) is 2. The van der Waals surface area contributed by atoms with Crippen LogP contribution in [0.25, 0.3) is 0 Å². The molecule has 446 valence electrons. The fraction of sp³-hybridized carbons (Fsp3) is 0.527. The Bertz CT molecular complexity index is 2980. The van der Waals surface area contributed by atoms with Crippen LogP contribution in [0.1, 0.15) is 64.9 Å². The summed E-state index contributed by atoms with van der Waals surface area (Å²) in [5.74, 6) is 1.17. The average molecular weight is 1250 g/mol. The van der Waals surface area contributed by atoms with Gasteiger partial charge in [-0.3, -0.25) is 4.90 Å². The van der Waals surface area contributed by atoms with Crippen LogP contribution in [-0.2, 0) is 51.8 Å². The highest BCUT2D eigenvalue weighted by Gasteiger charge is 2.41. The Morgan fingerprint density at radius 2 is 1.01 bits per heavy atom. The molecule has 4 amide bonds. The number of carbonyl (C=O) groups excluding carboxylic acids is 2. The fourth-order valence-corrected chi connectivity index (χ4v) is 13.0. The summed E-state index contributed by atoms with van der Waals surface area (Å²) in [7, 11) is -5.49. The van der Waals surface area contributed by atoms with E-state index < -0.39 is 20.0 Å². The van der Waals surface area contributed by atoms with Gasteiger partial charge in [-0.1, -0.05) is 46.4 Å². The molecule has 1 aliphatic heterocycles. The van der Waals surface area contributed by atoms with E-state index in [9.17, 15) is 26.4 Å². The molecule has 0 aromatic heterocycles. The van der Waals surface area contributed by atoms with Crippen molar-refractivity contribution in [3.63, 3.8) is 0 Å². The minimum atomic E-state index is -3.82. The Kier molecular flexibility index (Phi) is 25.1. The molecule has 0 bridgehead atoms. The predicted octanol–water partition coefficient (Wildman–Crippen LogP) is 6.98. The molecule has 1 saturated heterocycles. The second-order valence-corrected chi connectivity index (χ2v) is 25.1. The number of ether oxygens (including phenoxy) is 6. The number of sulfonamides is 2. The Labute approximate surface area is 495 Å². The van der Waals surface area contributed by atoms with Gasteiger partial charge in [-0.25, -0.2) is 35.9 Å². The van der Waals surface area contributed by atoms with Crippen LogP contribution in [0, 0.1) is 13.8 Å². The SMILES string of the molecule is Cc1cc(S(=O)(=O)NCCOCCOCCNC(=O)NCCCCNC(=O)NCCOCCOCCNS(=O)(=O)c2ccc(O[C@H]3c4cc(Cl)cc(Cl)c4C[C@@H]3N3CCN(C)CC3)c(C)c2)ccc1O[C@@H]1CCc2c(Cl)cc(Cl)cc21. The molecule has 81 heavy (non-hydrogen) atoms. The summed E-state index contributed by atoms with van der Waals surface area (Å²) in [6.07, 6.45) is 3.00. The molecule has 0 saturated carbocycles. The molecule has 3 atom stereocenters. The van der Waals surface area contributed by atoms with Crippen LogP contribution in [0.15, 0.2) is 70.5 Å². The van der Waals surface area contributed by atoms with Gasteiger partial charge in [0.25, 0.3) is 0 Å².